The molecule has 2 aromatic heterocycles. The minimum atomic E-state index is -0.168. The zero-order valence-electron chi connectivity index (χ0n) is 12.1. The summed E-state index contributed by atoms with van der Waals surface area (Å²) >= 11 is 0. The van der Waals surface area contributed by atoms with Crippen molar-refractivity contribution in [1.29, 1.82) is 0 Å². The third kappa shape index (κ3) is 3.43. The van der Waals surface area contributed by atoms with Crippen LogP contribution in [0.5, 0.6) is 0 Å². The SMILES string of the molecule is CCCc1cc(C(=O)NCCn2nc(C)nc2C)n[nH]1. The number of aromatic nitrogens is 5. The summed E-state index contributed by atoms with van der Waals surface area (Å²) in [6, 6.07) is 1.80. The van der Waals surface area contributed by atoms with Crippen LogP contribution in [-0.2, 0) is 13.0 Å². The summed E-state index contributed by atoms with van der Waals surface area (Å²) in [6.45, 7) is 6.93. The number of carbonyl (C=O) groups excluding carboxylic acids is 1. The summed E-state index contributed by atoms with van der Waals surface area (Å²) in [6.07, 6.45) is 1.92. The molecule has 7 nitrogen and oxygen atoms in total. The highest BCUT2D eigenvalue weighted by Crippen LogP contribution is 2.02. The molecule has 0 spiro atoms. The molecule has 0 bridgehead atoms. The first kappa shape index (κ1) is 14.2. The number of hydrogen-bond donors (Lipinski definition) is 2. The van der Waals surface area contributed by atoms with Gasteiger partial charge in [-0.25, -0.2) is 9.67 Å². The molecule has 0 saturated heterocycles. The van der Waals surface area contributed by atoms with Gasteiger partial charge in [-0.15, -0.1) is 0 Å². The van der Waals surface area contributed by atoms with E-state index in [0.29, 0.717) is 18.8 Å². The minimum absolute atomic E-state index is 0.168. The van der Waals surface area contributed by atoms with Crippen LogP contribution in [-0.4, -0.2) is 37.4 Å². The van der Waals surface area contributed by atoms with E-state index in [-0.39, 0.29) is 5.91 Å². The van der Waals surface area contributed by atoms with E-state index in [0.717, 1.165) is 30.2 Å². The molecule has 0 aliphatic heterocycles. The molecule has 2 N–H and O–H groups in total. The zero-order valence-corrected chi connectivity index (χ0v) is 12.1. The summed E-state index contributed by atoms with van der Waals surface area (Å²) in [4.78, 5) is 16.1. The monoisotopic (exact) mass is 276 g/mol. The van der Waals surface area contributed by atoms with Gasteiger partial charge in [-0.05, 0) is 26.3 Å². The van der Waals surface area contributed by atoms with Gasteiger partial charge in [-0.2, -0.15) is 10.2 Å². The van der Waals surface area contributed by atoms with Gasteiger partial charge in [0.05, 0.1) is 6.54 Å². The lowest BCUT2D eigenvalue weighted by Gasteiger charge is -2.04. The third-order valence-corrected chi connectivity index (χ3v) is 2.95. The fourth-order valence-corrected chi connectivity index (χ4v) is 2.01. The van der Waals surface area contributed by atoms with Crippen LogP contribution in [0.1, 0.15) is 41.2 Å². The lowest BCUT2D eigenvalue weighted by molar-refractivity contribution is 0.0947. The molecule has 0 aliphatic rings. The van der Waals surface area contributed by atoms with E-state index in [9.17, 15) is 4.79 Å². The zero-order chi connectivity index (χ0) is 14.5. The summed E-state index contributed by atoms with van der Waals surface area (Å²) in [5, 5.41) is 14.0. The number of amides is 1. The van der Waals surface area contributed by atoms with Crippen LogP contribution < -0.4 is 5.32 Å². The number of hydrogen-bond acceptors (Lipinski definition) is 4. The smallest absolute Gasteiger partial charge is 0.271 e. The first-order valence-corrected chi connectivity index (χ1v) is 6.80. The Labute approximate surface area is 117 Å². The van der Waals surface area contributed by atoms with E-state index < -0.39 is 0 Å². The molecule has 108 valence electrons. The quantitative estimate of drug-likeness (QED) is 0.824. The van der Waals surface area contributed by atoms with E-state index in [1.165, 1.54) is 0 Å². The van der Waals surface area contributed by atoms with Crippen LogP contribution >= 0.6 is 0 Å². The maximum atomic E-state index is 11.9. The van der Waals surface area contributed by atoms with Crippen molar-refractivity contribution in [2.24, 2.45) is 0 Å². The Hall–Kier alpha value is -2.18. The van der Waals surface area contributed by atoms with Crippen LogP contribution in [0.15, 0.2) is 6.07 Å². The second-order valence-electron chi connectivity index (χ2n) is 4.71. The van der Waals surface area contributed by atoms with E-state index in [4.69, 9.17) is 0 Å². The number of carbonyl (C=O) groups is 1. The van der Waals surface area contributed by atoms with E-state index in [1.807, 2.05) is 13.8 Å². The third-order valence-electron chi connectivity index (χ3n) is 2.95. The van der Waals surface area contributed by atoms with Gasteiger partial charge in [0, 0.05) is 12.2 Å². The van der Waals surface area contributed by atoms with Gasteiger partial charge >= 0.3 is 0 Å². The maximum Gasteiger partial charge on any atom is 0.271 e. The van der Waals surface area contributed by atoms with Gasteiger partial charge in [0.2, 0.25) is 0 Å². The Morgan fingerprint density at radius 2 is 2.25 bits per heavy atom. The second-order valence-corrected chi connectivity index (χ2v) is 4.71. The van der Waals surface area contributed by atoms with Gasteiger partial charge in [0.25, 0.3) is 5.91 Å². The van der Waals surface area contributed by atoms with Crippen LogP contribution in [0, 0.1) is 13.8 Å². The molecule has 0 unspecified atom stereocenters. The van der Waals surface area contributed by atoms with Crippen molar-refractivity contribution in [2.45, 2.75) is 40.2 Å². The number of rotatable bonds is 6. The fraction of sp³-hybridized carbons (Fsp3) is 0.538. The predicted molar refractivity (Wildman–Crippen MR) is 74.4 cm³/mol. The number of nitrogens with zero attached hydrogens (tertiary/aromatic N) is 4. The number of aryl methyl sites for hydroxylation is 3. The fourth-order valence-electron chi connectivity index (χ4n) is 2.01. The van der Waals surface area contributed by atoms with Gasteiger partial charge in [-0.3, -0.25) is 9.89 Å². The second kappa shape index (κ2) is 6.31. The Morgan fingerprint density at radius 1 is 1.45 bits per heavy atom. The predicted octanol–water partition coefficient (Wildman–Crippen LogP) is 1.00. The highest BCUT2D eigenvalue weighted by atomic mass is 16.1. The number of nitrogens with one attached hydrogen (secondary N) is 2. The molecule has 0 aromatic carbocycles. The summed E-state index contributed by atoms with van der Waals surface area (Å²) < 4.78 is 1.78. The van der Waals surface area contributed by atoms with Gasteiger partial charge in [-0.1, -0.05) is 13.3 Å². The highest BCUT2D eigenvalue weighted by Gasteiger charge is 2.10. The Bertz CT molecular complexity index is 585. The van der Waals surface area contributed by atoms with E-state index >= 15 is 0 Å². The van der Waals surface area contributed by atoms with Gasteiger partial charge in [0.15, 0.2) is 0 Å². The molecule has 2 rings (SSSR count). The molecular formula is C13H20N6O. The summed E-state index contributed by atoms with van der Waals surface area (Å²) in [7, 11) is 0. The normalized spacial score (nSPS) is 10.8. The van der Waals surface area contributed by atoms with Crippen LogP contribution in [0.25, 0.3) is 0 Å². The molecule has 20 heavy (non-hydrogen) atoms. The molecule has 1 amide bonds. The number of aromatic amines is 1. The van der Waals surface area contributed by atoms with Crippen molar-refractivity contribution < 1.29 is 4.79 Å². The van der Waals surface area contributed by atoms with E-state index in [2.05, 4.69) is 32.5 Å². The van der Waals surface area contributed by atoms with Crippen LogP contribution in [0.2, 0.25) is 0 Å². The summed E-state index contributed by atoms with van der Waals surface area (Å²) in [5.74, 6) is 1.42. The van der Waals surface area contributed by atoms with Gasteiger partial charge in [0.1, 0.15) is 17.3 Å². The largest absolute Gasteiger partial charge is 0.349 e. The molecule has 7 heteroatoms. The molecule has 2 heterocycles. The molecule has 2 aromatic rings. The van der Waals surface area contributed by atoms with Crippen molar-refractivity contribution in [3.05, 3.63) is 29.1 Å². The van der Waals surface area contributed by atoms with Gasteiger partial charge < -0.3 is 5.32 Å². The Morgan fingerprint density at radius 3 is 2.90 bits per heavy atom. The number of H-pyrrole nitrogens is 1. The average Bonchev–Trinajstić information content (AvgIpc) is 2.97. The van der Waals surface area contributed by atoms with Crippen molar-refractivity contribution in [3.8, 4) is 0 Å². The average molecular weight is 276 g/mol. The first-order valence-electron chi connectivity index (χ1n) is 6.80. The van der Waals surface area contributed by atoms with Crippen molar-refractivity contribution >= 4 is 5.91 Å². The molecule has 0 saturated carbocycles. The van der Waals surface area contributed by atoms with E-state index in [1.54, 1.807) is 10.7 Å². The lowest BCUT2D eigenvalue weighted by Crippen LogP contribution is -2.28. The lowest BCUT2D eigenvalue weighted by atomic mass is 10.2. The van der Waals surface area contributed by atoms with Crippen molar-refractivity contribution in [1.82, 2.24) is 30.3 Å². The molecule has 0 atom stereocenters. The van der Waals surface area contributed by atoms with Crippen LogP contribution in [0.3, 0.4) is 0 Å². The first-order chi connectivity index (χ1) is 9.60. The highest BCUT2D eigenvalue weighted by molar-refractivity contribution is 5.92. The minimum Gasteiger partial charge on any atom is -0.349 e. The summed E-state index contributed by atoms with van der Waals surface area (Å²) in [5.41, 5.74) is 1.42. The Kier molecular flexibility index (Phi) is 4.49. The maximum absolute atomic E-state index is 11.9. The molecule has 0 radical (unpaired) electrons. The Balaban J connectivity index is 1.84. The molecule has 0 aliphatic carbocycles. The van der Waals surface area contributed by atoms with Crippen molar-refractivity contribution in [3.63, 3.8) is 0 Å². The topological polar surface area (TPSA) is 88.5 Å². The van der Waals surface area contributed by atoms with Crippen LogP contribution in [0.4, 0.5) is 0 Å². The van der Waals surface area contributed by atoms with Crippen molar-refractivity contribution in [2.75, 3.05) is 6.54 Å². The standard InChI is InChI=1S/C13H20N6O/c1-4-5-11-8-12(17-16-11)13(20)14-6-7-19-10(3)15-9(2)18-19/h8H,4-7H2,1-3H3,(H,14,20)(H,16,17). The molecule has 0 fully saturated rings. The molecular weight excluding hydrogens is 256 g/mol.